The van der Waals surface area contributed by atoms with Crippen LogP contribution in [0.15, 0.2) is 42.5 Å². The van der Waals surface area contributed by atoms with E-state index in [1.54, 1.807) is 43.3 Å². The number of aryl methyl sites for hydroxylation is 1. The molecule has 156 valence electrons. The second-order valence-electron chi connectivity index (χ2n) is 6.13. The SMILES string of the molecule is CON(C)C(=O)c1nc(N(C(=O)c2ccc(Cl)cc2Cl)c2ccc(Cl)cc2)sc1C. The van der Waals surface area contributed by atoms with E-state index in [9.17, 15) is 9.59 Å². The van der Waals surface area contributed by atoms with Gasteiger partial charge in [-0.25, -0.2) is 10.0 Å². The summed E-state index contributed by atoms with van der Waals surface area (Å²) in [5.74, 6) is -0.850. The van der Waals surface area contributed by atoms with Crippen molar-refractivity contribution in [1.29, 1.82) is 0 Å². The first-order valence-electron chi connectivity index (χ1n) is 8.57. The number of hydrogen-bond donors (Lipinski definition) is 0. The van der Waals surface area contributed by atoms with Crippen LogP contribution in [0, 0.1) is 6.92 Å². The maximum Gasteiger partial charge on any atom is 0.296 e. The van der Waals surface area contributed by atoms with Crippen LogP contribution in [0.3, 0.4) is 0 Å². The molecule has 1 heterocycles. The Hall–Kier alpha value is -2.16. The average molecular weight is 485 g/mol. The van der Waals surface area contributed by atoms with Crippen molar-refractivity contribution >= 4 is 68.8 Å². The first-order chi connectivity index (χ1) is 14.2. The molecule has 0 saturated heterocycles. The minimum Gasteiger partial charge on any atom is -0.274 e. The van der Waals surface area contributed by atoms with E-state index in [4.69, 9.17) is 39.6 Å². The summed E-state index contributed by atoms with van der Waals surface area (Å²) in [5, 5.41) is 2.50. The van der Waals surface area contributed by atoms with Crippen molar-refractivity contribution < 1.29 is 14.4 Å². The van der Waals surface area contributed by atoms with Gasteiger partial charge in [-0.3, -0.25) is 19.3 Å². The van der Waals surface area contributed by atoms with E-state index in [0.29, 0.717) is 25.7 Å². The maximum absolute atomic E-state index is 13.5. The zero-order chi connectivity index (χ0) is 22.0. The summed E-state index contributed by atoms with van der Waals surface area (Å²) in [5.41, 5.74) is 0.947. The van der Waals surface area contributed by atoms with Crippen LogP contribution in [0.4, 0.5) is 10.8 Å². The van der Waals surface area contributed by atoms with Crippen LogP contribution in [0.5, 0.6) is 0 Å². The standard InChI is InChI=1S/C20H16Cl3N3O3S/c1-11-17(19(28)25(2)29-3)24-20(30-11)26(14-7-4-12(21)5-8-14)18(27)15-9-6-13(22)10-16(15)23/h4-10H,1-3H3. The number of aromatic nitrogens is 1. The van der Waals surface area contributed by atoms with Crippen LogP contribution >= 0.6 is 46.1 Å². The normalized spacial score (nSPS) is 10.7. The summed E-state index contributed by atoms with van der Waals surface area (Å²) in [4.78, 5) is 37.4. The Kier molecular flexibility index (Phi) is 7.00. The second-order valence-corrected chi connectivity index (χ2v) is 8.59. The maximum atomic E-state index is 13.5. The molecule has 0 unspecified atom stereocenters. The fourth-order valence-electron chi connectivity index (χ4n) is 2.60. The van der Waals surface area contributed by atoms with Crippen molar-refractivity contribution in [3.8, 4) is 0 Å². The van der Waals surface area contributed by atoms with Gasteiger partial charge in [0.2, 0.25) is 0 Å². The van der Waals surface area contributed by atoms with Crippen molar-refractivity contribution in [2.45, 2.75) is 6.92 Å². The smallest absolute Gasteiger partial charge is 0.274 e. The Labute approximate surface area is 192 Å². The number of halogens is 3. The summed E-state index contributed by atoms with van der Waals surface area (Å²) in [6, 6.07) is 11.3. The minimum absolute atomic E-state index is 0.188. The molecular formula is C20H16Cl3N3O3S. The lowest BCUT2D eigenvalue weighted by Crippen LogP contribution is -2.28. The summed E-state index contributed by atoms with van der Waals surface area (Å²) < 4.78 is 0. The molecule has 2 amide bonds. The molecule has 3 rings (SSSR count). The van der Waals surface area contributed by atoms with Crippen molar-refractivity contribution in [2.24, 2.45) is 0 Å². The lowest BCUT2D eigenvalue weighted by Gasteiger charge is -2.21. The molecule has 0 aliphatic rings. The van der Waals surface area contributed by atoms with Gasteiger partial charge in [0.25, 0.3) is 11.8 Å². The second kappa shape index (κ2) is 9.32. The predicted octanol–water partition coefficient (Wildman–Crippen LogP) is 6.02. The summed E-state index contributed by atoms with van der Waals surface area (Å²) in [6.07, 6.45) is 0. The van der Waals surface area contributed by atoms with E-state index in [0.717, 1.165) is 5.06 Å². The Bertz CT molecular complexity index is 1100. The topological polar surface area (TPSA) is 62.7 Å². The first kappa shape index (κ1) is 22.5. The third-order valence-corrected chi connectivity index (χ3v) is 5.94. The van der Waals surface area contributed by atoms with Crippen LogP contribution in [0.25, 0.3) is 0 Å². The number of carbonyl (C=O) groups is 2. The molecule has 0 saturated carbocycles. The molecule has 0 aliphatic heterocycles. The molecule has 0 N–H and O–H groups in total. The largest absolute Gasteiger partial charge is 0.296 e. The molecule has 0 bridgehead atoms. The Morgan fingerprint density at radius 3 is 2.23 bits per heavy atom. The molecular weight excluding hydrogens is 469 g/mol. The van der Waals surface area contributed by atoms with Crippen molar-refractivity contribution in [3.05, 3.63) is 73.7 Å². The number of rotatable bonds is 5. The summed E-state index contributed by atoms with van der Waals surface area (Å²) in [7, 11) is 2.86. The van der Waals surface area contributed by atoms with Crippen LogP contribution < -0.4 is 4.90 Å². The van der Waals surface area contributed by atoms with E-state index in [1.807, 2.05) is 0 Å². The molecule has 1 aromatic heterocycles. The molecule has 0 atom stereocenters. The average Bonchev–Trinajstić information content (AvgIpc) is 3.09. The van der Waals surface area contributed by atoms with Crippen LogP contribution in [0.2, 0.25) is 15.1 Å². The van der Waals surface area contributed by atoms with E-state index in [2.05, 4.69) is 4.98 Å². The quantitative estimate of drug-likeness (QED) is 0.415. The van der Waals surface area contributed by atoms with Crippen molar-refractivity contribution in [2.75, 3.05) is 19.1 Å². The highest BCUT2D eigenvalue weighted by Gasteiger charge is 2.28. The van der Waals surface area contributed by atoms with E-state index >= 15 is 0 Å². The molecule has 30 heavy (non-hydrogen) atoms. The van der Waals surface area contributed by atoms with E-state index in [-0.39, 0.29) is 16.3 Å². The number of benzene rings is 2. The molecule has 10 heteroatoms. The fraction of sp³-hybridized carbons (Fsp3) is 0.150. The van der Waals surface area contributed by atoms with Gasteiger partial charge >= 0.3 is 0 Å². The monoisotopic (exact) mass is 483 g/mol. The predicted molar refractivity (Wildman–Crippen MR) is 120 cm³/mol. The molecule has 0 fully saturated rings. The van der Waals surface area contributed by atoms with Crippen molar-refractivity contribution in [3.63, 3.8) is 0 Å². The van der Waals surface area contributed by atoms with Gasteiger partial charge in [0.15, 0.2) is 5.13 Å². The van der Waals surface area contributed by atoms with Crippen LogP contribution in [-0.4, -0.2) is 36.0 Å². The number of anilines is 2. The third kappa shape index (κ3) is 4.61. The van der Waals surface area contributed by atoms with E-state index in [1.165, 1.54) is 36.5 Å². The fourth-order valence-corrected chi connectivity index (χ4v) is 4.13. The number of thiazole rings is 1. The molecule has 0 spiro atoms. The van der Waals surface area contributed by atoms with Crippen molar-refractivity contribution in [1.82, 2.24) is 10.0 Å². The van der Waals surface area contributed by atoms with Crippen LogP contribution in [-0.2, 0) is 4.84 Å². The lowest BCUT2D eigenvalue weighted by molar-refractivity contribution is -0.0760. The molecule has 6 nitrogen and oxygen atoms in total. The van der Waals surface area contributed by atoms with E-state index < -0.39 is 11.8 Å². The summed E-state index contributed by atoms with van der Waals surface area (Å²) in [6.45, 7) is 1.75. The minimum atomic E-state index is -0.425. The zero-order valence-corrected chi connectivity index (χ0v) is 19.2. The Balaban J connectivity index is 2.12. The highest BCUT2D eigenvalue weighted by Crippen LogP contribution is 2.35. The molecule has 2 aromatic carbocycles. The van der Waals surface area contributed by atoms with Gasteiger partial charge in [-0.1, -0.05) is 34.8 Å². The van der Waals surface area contributed by atoms with Gasteiger partial charge in [0.05, 0.1) is 23.4 Å². The first-order valence-corrected chi connectivity index (χ1v) is 10.5. The third-order valence-electron chi connectivity index (χ3n) is 4.19. The number of hydrogen-bond acceptors (Lipinski definition) is 5. The highest BCUT2D eigenvalue weighted by molar-refractivity contribution is 7.16. The number of hydroxylamine groups is 2. The highest BCUT2D eigenvalue weighted by atomic mass is 35.5. The van der Waals surface area contributed by atoms with Gasteiger partial charge < -0.3 is 0 Å². The van der Waals surface area contributed by atoms with Crippen LogP contribution in [0.1, 0.15) is 25.7 Å². The Morgan fingerprint density at radius 1 is 1.00 bits per heavy atom. The van der Waals surface area contributed by atoms with Gasteiger partial charge in [-0.2, -0.15) is 0 Å². The molecule has 3 aromatic rings. The number of carbonyl (C=O) groups excluding carboxylic acids is 2. The molecule has 0 aliphatic carbocycles. The number of amides is 2. The molecule has 0 radical (unpaired) electrons. The lowest BCUT2D eigenvalue weighted by atomic mass is 10.2. The van der Waals surface area contributed by atoms with Gasteiger partial charge in [-0.15, -0.1) is 11.3 Å². The Morgan fingerprint density at radius 2 is 1.63 bits per heavy atom. The van der Waals surface area contributed by atoms with Gasteiger partial charge in [0.1, 0.15) is 5.69 Å². The summed E-state index contributed by atoms with van der Waals surface area (Å²) >= 11 is 19.4. The zero-order valence-electron chi connectivity index (χ0n) is 16.1. The van der Waals surface area contributed by atoms with Gasteiger partial charge in [0, 0.05) is 22.0 Å². The number of nitrogens with zero attached hydrogens (tertiary/aromatic N) is 3. The van der Waals surface area contributed by atoms with Gasteiger partial charge in [-0.05, 0) is 49.4 Å².